The molecule has 0 fully saturated rings. The summed E-state index contributed by atoms with van der Waals surface area (Å²) in [6, 6.07) is 12.3. The number of aryl methyl sites for hydroxylation is 2. The van der Waals surface area contributed by atoms with E-state index in [0.717, 1.165) is 34.7 Å². The van der Waals surface area contributed by atoms with Crippen molar-refractivity contribution in [3.05, 3.63) is 52.8 Å². The molecule has 0 spiro atoms. The zero-order valence-corrected chi connectivity index (χ0v) is 12.5. The minimum atomic E-state index is 0.762. The minimum Gasteiger partial charge on any atom is -0.342 e. The summed E-state index contributed by atoms with van der Waals surface area (Å²) in [7, 11) is 0. The van der Waals surface area contributed by atoms with Crippen molar-refractivity contribution in [3.8, 4) is 11.1 Å². The number of hydrogen-bond donors (Lipinski definition) is 1. The lowest BCUT2D eigenvalue weighted by Gasteiger charge is -2.04. The molecule has 0 radical (unpaired) electrons. The van der Waals surface area contributed by atoms with Gasteiger partial charge in [0.1, 0.15) is 5.82 Å². The van der Waals surface area contributed by atoms with Gasteiger partial charge in [0.2, 0.25) is 0 Å². The lowest BCUT2D eigenvalue weighted by molar-refractivity contribution is 0.861. The maximum Gasteiger partial charge on any atom is 0.107 e. The highest BCUT2D eigenvalue weighted by atomic mass is 35.5. The molecule has 0 aliphatic heterocycles. The Morgan fingerprint density at radius 1 is 1.10 bits per heavy atom. The lowest BCUT2D eigenvalue weighted by Crippen LogP contribution is -1.84. The Bertz CT molecular complexity index is 742. The van der Waals surface area contributed by atoms with Gasteiger partial charge in [-0.1, -0.05) is 30.7 Å². The predicted molar refractivity (Wildman–Crippen MR) is 85.3 cm³/mol. The SMILES string of the molecule is CCCc1nc2c(C)cc(-c3ccc(Cl)cc3)cc2[nH]1. The van der Waals surface area contributed by atoms with E-state index in [-0.39, 0.29) is 0 Å². The molecule has 0 bridgehead atoms. The van der Waals surface area contributed by atoms with Gasteiger partial charge >= 0.3 is 0 Å². The van der Waals surface area contributed by atoms with E-state index >= 15 is 0 Å². The van der Waals surface area contributed by atoms with Crippen LogP contribution in [0.4, 0.5) is 0 Å². The highest BCUT2D eigenvalue weighted by molar-refractivity contribution is 6.30. The smallest absolute Gasteiger partial charge is 0.107 e. The summed E-state index contributed by atoms with van der Waals surface area (Å²) in [5, 5.41) is 0.762. The molecule has 0 saturated heterocycles. The number of aromatic nitrogens is 2. The second kappa shape index (κ2) is 5.29. The zero-order chi connectivity index (χ0) is 14.1. The van der Waals surface area contributed by atoms with Crippen molar-refractivity contribution in [3.63, 3.8) is 0 Å². The van der Waals surface area contributed by atoms with Gasteiger partial charge in [0.15, 0.2) is 0 Å². The molecular formula is C17H17ClN2. The second-order valence-corrected chi connectivity index (χ2v) is 5.57. The van der Waals surface area contributed by atoms with Crippen LogP contribution >= 0.6 is 11.6 Å². The van der Waals surface area contributed by atoms with E-state index in [2.05, 4.69) is 35.9 Å². The van der Waals surface area contributed by atoms with Gasteiger partial charge in [0.05, 0.1) is 11.0 Å². The van der Waals surface area contributed by atoms with Crippen molar-refractivity contribution in [2.45, 2.75) is 26.7 Å². The molecule has 1 heterocycles. The van der Waals surface area contributed by atoms with Crippen LogP contribution in [0.5, 0.6) is 0 Å². The molecule has 3 heteroatoms. The maximum atomic E-state index is 5.95. The number of H-pyrrole nitrogens is 1. The highest BCUT2D eigenvalue weighted by Gasteiger charge is 2.08. The minimum absolute atomic E-state index is 0.762. The number of rotatable bonds is 3. The molecule has 102 valence electrons. The van der Waals surface area contributed by atoms with Crippen LogP contribution in [0.3, 0.4) is 0 Å². The molecule has 0 saturated carbocycles. The summed E-state index contributed by atoms with van der Waals surface area (Å²) < 4.78 is 0. The molecular weight excluding hydrogens is 268 g/mol. The van der Waals surface area contributed by atoms with Crippen LogP contribution in [0.25, 0.3) is 22.2 Å². The third-order valence-corrected chi connectivity index (χ3v) is 3.74. The van der Waals surface area contributed by atoms with E-state index in [1.807, 2.05) is 24.3 Å². The molecule has 2 aromatic carbocycles. The van der Waals surface area contributed by atoms with Crippen LogP contribution in [0, 0.1) is 6.92 Å². The Balaban J connectivity index is 2.10. The second-order valence-electron chi connectivity index (χ2n) is 5.13. The number of nitrogens with zero attached hydrogens (tertiary/aromatic N) is 1. The first kappa shape index (κ1) is 13.2. The summed E-state index contributed by atoms with van der Waals surface area (Å²) in [6.45, 7) is 4.28. The van der Waals surface area contributed by atoms with E-state index in [0.29, 0.717) is 0 Å². The van der Waals surface area contributed by atoms with Gasteiger partial charge in [-0.2, -0.15) is 0 Å². The van der Waals surface area contributed by atoms with E-state index in [1.54, 1.807) is 0 Å². The predicted octanol–water partition coefficient (Wildman–Crippen LogP) is 5.14. The van der Waals surface area contributed by atoms with Gasteiger partial charge in [-0.3, -0.25) is 0 Å². The van der Waals surface area contributed by atoms with Crippen molar-refractivity contribution < 1.29 is 0 Å². The molecule has 0 unspecified atom stereocenters. The number of halogens is 1. The fourth-order valence-electron chi connectivity index (χ4n) is 2.51. The van der Waals surface area contributed by atoms with E-state index in [4.69, 9.17) is 11.6 Å². The van der Waals surface area contributed by atoms with E-state index < -0.39 is 0 Å². The van der Waals surface area contributed by atoms with Gasteiger partial charge in [-0.15, -0.1) is 0 Å². The molecule has 3 rings (SSSR count). The quantitative estimate of drug-likeness (QED) is 0.708. The standard InChI is InChI=1S/C17H17ClN2/c1-3-4-16-19-15-10-13(9-11(2)17(15)20-16)12-5-7-14(18)8-6-12/h5-10H,3-4H2,1-2H3,(H,19,20). The Labute approximate surface area is 123 Å². The monoisotopic (exact) mass is 284 g/mol. The molecule has 1 N–H and O–H groups in total. The number of benzene rings is 2. The zero-order valence-electron chi connectivity index (χ0n) is 11.7. The van der Waals surface area contributed by atoms with Crippen LogP contribution in [0.1, 0.15) is 24.7 Å². The van der Waals surface area contributed by atoms with Crippen LogP contribution in [-0.2, 0) is 6.42 Å². The van der Waals surface area contributed by atoms with Gasteiger partial charge in [0, 0.05) is 11.4 Å². The van der Waals surface area contributed by atoms with E-state index in [1.165, 1.54) is 16.7 Å². The Morgan fingerprint density at radius 3 is 2.55 bits per heavy atom. The summed E-state index contributed by atoms with van der Waals surface area (Å²) in [4.78, 5) is 8.10. The molecule has 20 heavy (non-hydrogen) atoms. The van der Waals surface area contributed by atoms with E-state index in [9.17, 15) is 0 Å². The van der Waals surface area contributed by atoms with Crippen molar-refractivity contribution in [1.29, 1.82) is 0 Å². The average molecular weight is 285 g/mol. The van der Waals surface area contributed by atoms with Crippen LogP contribution in [0.15, 0.2) is 36.4 Å². The maximum absolute atomic E-state index is 5.95. The van der Waals surface area contributed by atoms with Gasteiger partial charge in [-0.25, -0.2) is 4.98 Å². The van der Waals surface area contributed by atoms with Crippen molar-refractivity contribution in [1.82, 2.24) is 9.97 Å². The molecule has 0 aliphatic rings. The number of fused-ring (bicyclic) bond motifs is 1. The fourth-order valence-corrected chi connectivity index (χ4v) is 2.63. The largest absolute Gasteiger partial charge is 0.342 e. The number of nitrogens with one attached hydrogen (secondary N) is 1. The topological polar surface area (TPSA) is 28.7 Å². The molecule has 0 aliphatic carbocycles. The van der Waals surface area contributed by atoms with Gasteiger partial charge in [0.25, 0.3) is 0 Å². The Morgan fingerprint density at radius 2 is 1.85 bits per heavy atom. The number of aromatic amines is 1. The van der Waals surface area contributed by atoms with Gasteiger partial charge in [-0.05, 0) is 54.3 Å². The third-order valence-electron chi connectivity index (χ3n) is 3.49. The molecule has 0 amide bonds. The molecule has 3 aromatic rings. The van der Waals surface area contributed by atoms with Crippen molar-refractivity contribution >= 4 is 22.6 Å². The normalized spacial score (nSPS) is 11.2. The summed E-state index contributed by atoms with van der Waals surface area (Å²) in [5.74, 6) is 1.07. The summed E-state index contributed by atoms with van der Waals surface area (Å²) in [5.41, 5.74) is 5.75. The van der Waals surface area contributed by atoms with Crippen molar-refractivity contribution in [2.24, 2.45) is 0 Å². The summed E-state index contributed by atoms with van der Waals surface area (Å²) >= 11 is 5.95. The molecule has 2 nitrogen and oxygen atoms in total. The number of imidazole rings is 1. The third kappa shape index (κ3) is 2.44. The first-order valence-corrected chi connectivity index (χ1v) is 7.30. The molecule has 1 aromatic heterocycles. The molecule has 0 atom stereocenters. The highest BCUT2D eigenvalue weighted by Crippen LogP contribution is 2.27. The van der Waals surface area contributed by atoms with Crippen molar-refractivity contribution in [2.75, 3.05) is 0 Å². The van der Waals surface area contributed by atoms with Crippen LogP contribution in [-0.4, -0.2) is 9.97 Å². The van der Waals surface area contributed by atoms with Crippen LogP contribution < -0.4 is 0 Å². The average Bonchev–Trinajstić information content (AvgIpc) is 2.83. The fraction of sp³-hybridized carbons (Fsp3) is 0.235. The van der Waals surface area contributed by atoms with Gasteiger partial charge < -0.3 is 4.98 Å². The van der Waals surface area contributed by atoms with Crippen LogP contribution in [0.2, 0.25) is 5.02 Å². The first-order valence-electron chi connectivity index (χ1n) is 6.92. The Hall–Kier alpha value is -1.80. The number of hydrogen-bond acceptors (Lipinski definition) is 1. The first-order chi connectivity index (χ1) is 9.67. The summed E-state index contributed by atoms with van der Waals surface area (Å²) in [6.07, 6.45) is 2.09. The Kier molecular flexibility index (Phi) is 3.49. The lowest BCUT2D eigenvalue weighted by atomic mass is 10.0.